The highest BCUT2D eigenvalue weighted by molar-refractivity contribution is 5.74. The van der Waals surface area contributed by atoms with Gasteiger partial charge in [0.2, 0.25) is 11.8 Å². The smallest absolute Gasteiger partial charge is 0.218 e. The van der Waals surface area contributed by atoms with Crippen molar-refractivity contribution in [1.29, 1.82) is 0 Å². The van der Waals surface area contributed by atoms with Crippen LogP contribution in [0.1, 0.15) is 18.9 Å². The SMILES string of the molecule is COc1ncccc1CNC(C)CC(N)=O. The number of primary amides is 1. The van der Waals surface area contributed by atoms with Gasteiger partial charge in [0.15, 0.2) is 0 Å². The zero-order valence-corrected chi connectivity index (χ0v) is 9.56. The number of rotatable bonds is 6. The zero-order valence-electron chi connectivity index (χ0n) is 9.56. The van der Waals surface area contributed by atoms with Crippen molar-refractivity contribution in [1.82, 2.24) is 10.3 Å². The van der Waals surface area contributed by atoms with Crippen molar-refractivity contribution in [2.75, 3.05) is 7.11 Å². The minimum atomic E-state index is -0.307. The molecule has 0 saturated heterocycles. The van der Waals surface area contributed by atoms with Gasteiger partial charge in [-0.1, -0.05) is 6.07 Å². The Balaban J connectivity index is 2.50. The summed E-state index contributed by atoms with van der Waals surface area (Å²) in [6.07, 6.45) is 2.00. The summed E-state index contributed by atoms with van der Waals surface area (Å²) in [6, 6.07) is 3.82. The van der Waals surface area contributed by atoms with Crippen molar-refractivity contribution in [3.05, 3.63) is 23.9 Å². The zero-order chi connectivity index (χ0) is 12.0. The Labute approximate surface area is 95.0 Å². The Morgan fingerprint density at radius 2 is 2.44 bits per heavy atom. The number of nitrogens with two attached hydrogens (primary N) is 1. The summed E-state index contributed by atoms with van der Waals surface area (Å²) in [5.41, 5.74) is 6.06. The molecule has 0 spiro atoms. The highest BCUT2D eigenvalue weighted by Crippen LogP contribution is 2.13. The van der Waals surface area contributed by atoms with Crippen LogP contribution in [0.15, 0.2) is 18.3 Å². The van der Waals surface area contributed by atoms with E-state index in [1.807, 2.05) is 19.1 Å². The summed E-state index contributed by atoms with van der Waals surface area (Å²) >= 11 is 0. The molecule has 1 aromatic heterocycles. The predicted molar refractivity (Wildman–Crippen MR) is 60.9 cm³/mol. The lowest BCUT2D eigenvalue weighted by Gasteiger charge is -2.13. The molecule has 88 valence electrons. The van der Waals surface area contributed by atoms with Gasteiger partial charge in [0.25, 0.3) is 0 Å². The summed E-state index contributed by atoms with van der Waals surface area (Å²) in [7, 11) is 1.58. The van der Waals surface area contributed by atoms with Gasteiger partial charge in [-0.3, -0.25) is 4.79 Å². The summed E-state index contributed by atoms with van der Waals surface area (Å²) in [6.45, 7) is 2.51. The van der Waals surface area contributed by atoms with Crippen LogP contribution in [0.4, 0.5) is 0 Å². The molecule has 0 aromatic carbocycles. The van der Waals surface area contributed by atoms with Gasteiger partial charge in [-0.15, -0.1) is 0 Å². The Kier molecular flexibility index (Phi) is 4.72. The maximum absolute atomic E-state index is 10.7. The van der Waals surface area contributed by atoms with Crippen LogP contribution in [0.5, 0.6) is 5.88 Å². The fraction of sp³-hybridized carbons (Fsp3) is 0.455. The minimum absolute atomic E-state index is 0.0439. The molecule has 0 bridgehead atoms. The Bertz CT molecular complexity index is 355. The monoisotopic (exact) mass is 223 g/mol. The number of aromatic nitrogens is 1. The molecule has 1 heterocycles. The van der Waals surface area contributed by atoms with Crippen molar-refractivity contribution >= 4 is 5.91 Å². The van der Waals surface area contributed by atoms with Crippen LogP contribution in [-0.4, -0.2) is 24.0 Å². The topological polar surface area (TPSA) is 77.2 Å². The number of carbonyl (C=O) groups excluding carboxylic acids is 1. The molecule has 0 aliphatic rings. The normalized spacial score (nSPS) is 12.1. The van der Waals surface area contributed by atoms with Crippen LogP contribution in [-0.2, 0) is 11.3 Å². The molecular formula is C11H17N3O2. The third-order valence-electron chi connectivity index (χ3n) is 2.19. The first-order valence-electron chi connectivity index (χ1n) is 5.13. The molecule has 3 N–H and O–H groups in total. The van der Waals surface area contributed by atoms with Crippen molar-refractivity contribution < 1.29 is 9.53 Å². The molecule has 1 rings (SSSR count). The van der Waals surface area contributed by atoms with E-state index >= 15 is 0 Å². The van der Waals surface area contributed by atoms with Crippen LogP contribution in [0, 0.1) is 0 Å². The van der Waals surface area contributed by atoms with E-state index < -0.39 is 0 Å². The first-order valence-corrected chi connectivity index (χ1v) is 5.13. The molecule has 5 nitrogen and oxygen atoms in total. The van der Waals surface area contributed by atoms with Crippen molar-refractivity contribution in [2.45, 2.75) is 25.9 Å². The predicted octanol–water partition coefficient (Wildman–Crippen LogP) is 0.444. The highest BCUT2D eigenvalue weighted by Gasteiger charge is 2.07. The molecule has 0 fully saturated rings. The molecule has 0 aliphatic heterocycles. The summed E-state index contributed by atoms with van der Waals surface area (Å²) in [5, 5.41) is 3.18. The van der Waals surface area contributed by atoms with Gasteiger partial charge in [-0.05, 0) is 13.0 Å². The fourth-order valence-corrected chi connectivity index (χ4v) is 1.40. The maximum Gasteiger partial charge on any atom is 0.218 e. The Morgan fingerprint density at radius 1 is 1.69 bits per heavy atom. The molecule has 0 saturated carbocycles. The third kappa shape index (κ3) is 3.86. The van der Waals surface area contributed by atoms with Crippen LogP contribution >= 0.6 is 0 Å². The second-order valence-electron chi connectivity index (χ2n) is 3.62. The van der Waals surface area contributed by atoms with Gasteiger partial charge in [-0.2, -0.15) is 0 Å². The highest BCUT2D eigenvalue weighted by atomic mass is 16.5. The van der Waals surface area contributed by atoms with Gasteiger partial charge < -0.3 is 15.8 Å². The first-order chi connectivity index (χ1) is 7.63. The van der Waals surface area contributed by atoms with E-state index in [-0.39, 0.29) is 11.9 Å². The quantitative estimate of drug-likeness (QED) is 0.733. The lowest BCUT2D eigenvalue weighted by Crippen LogP contribution is -2.30. The Hall–Kier alpha value is -1.62. The lowest BCUT2D eigenvalue weighted by molar-refractivity contribution is -0.118. The molecular weight excluding hydrogens is 206 g/mol. The molecule has 1 amide bonds. The van der Waals surface area contributed by atoms with Crippen molar-refractivity contribution in [3.8, 4) is 5.88 Å². The standard InChI is InChI=1S/C11H17N3O2/c1-8(6-10(12)15)14-7-9-4-3-5-13-11(9)16-2/h3-5,8,14H,6-7H2,1-2H3,(H2,12,15). The van der Waals surface area contributed by atoms with E-state index in [0.717, 1.165) is 5.56 Å². The van der Waals surface area contributed by atoms with Gasteiger partial charge in [0, 0.05) is 30.8 Å². The summed E-state index contributed by atoms with van der Waals surface area (Å²) in [4.78, 5) is 14.8. The molecule has 1 aromatic rings. The van der Waals surface area contributed by atoms with E-state index in [2.05, 4.69) is 10.3 Å². The Morgan fingerprint density at radius 3 is 3.06 bits per heavy atom. The summed E-state index contributed by atoms with van der Waals surface area (Å²) < 4.78 is 5.12. The fourth-order valence-electron chi connectivity index (χ4n) is 1.40. The van der Waals surface area contributed by atoms with E-state index in [0.29, 0.717) is 18.8 Å². The average molecular weight is 223 g/mol. The lowest BCUT2D eigenvalue weighted by atomic mass is 10.2. The molecule has 1 unspecified atom stereocenters. The molecule has 0 aliphatic carbocycles. The van der Waals surface area contributed by atoms with E-state index in [1.165, 1.54) is 0 Å². The molecule has 16 heavy (non-hydrogen) atoms. The van der Waals surface area contributed by atoms with Gasteiger partial charge >= 0.3 is 0 Å². The van der Waals surface area contributed by atoms with Crippen molar-refractivity contribution in [3.63, 3.8) is 0 Å². The number of carbonyl (C=O) groups is 1. The van der Waals surface area contributed by atoms with Crippen LogP contribution < -0.4 is 15.8 Å². The number of nitrogens with zero attached hydrogens (tertiary/aromatic N) is 1. The number of pyridine rings is 1. The van der Waals surface area contributed by atoms with Crippen LogP contribution in [0.2, 0.25) is 0 Å². The number of amides is 1. The van der Waals surface area contributed by atoms with Gasteiger partial charge in [0.1, 0.15) is 0 Å². The minimum Gasteiger partial charge on any atom is -0.481 e. The van der Waals surface area contributed by atoms with Crippen LogP contribution in [0.3, 0.4) is 0 Å². The second kappa shape index (κ2) is 6.07. The van der Waals surface area contributed by atoms with Gasteiger partial charge in [-0.25, -0.2) is 4.98 Å². The number of hydrogen-bond acceptors (Lipinski definition) is 4. The summed E-state index contributed by atoms with van der Waals surface area (Å²) in [5.74, 6) is 0.291. The van der Waals surface area contributed by atoms with E-state index in [4.69, 9.17) is 10.5 Å². The van der Waals surface area contributed by atoms with Crippen LogP contribution in [0.25, 0.3) is 0 Å². The van der Waals surface area contributed by atoms with Crippen molar-refractivity contribution in [2.24, 2.45) is 5.73 Å². The third-order valence-corrected chi connectivity index (χ3v) is 2.19. The number of ether oxygens (including phenoxy) is 1. The molecule has 5 heteroatoms. The second-order valence-corrected chi connectivity index (χ2v) is 3.62. The van der Waals surface area contributed by atoms with E-state index in [1.54, 1.807) is 13.3 Å². The maximum atomic E-state index is 10.7. The first kappa shape index (κ1) is 12.4. The number of hydrogen-bond donors (Lipinski definition) is 2. The number of nitrogens with one attached hydrogen (secondary N) is 1. The number of methoxy groups -OCH3 is 1. The molecule has 1 atom stereocenters. The average Bonchev–Trinajstić information content (AvgIpc) is 2.26. The van der Waals surface area contributed by atoms with Gasteiger partial charge in [0.05, 0.1) is 7.11 Å². The largest absolute Gasteiger partial charge is 0.481 e. The van der Waals surface area contributed by atoms with E-state index in [9.17, 15) is 4.79 Å². The molecule has 0 radical (unpaired) electrons.